The van der Waals surface area contributed by atoms with Crippen LogP contribution >= 0.6 is 0 Å². The number of hydrogen-bond donors (Lipinski definition) is 2. The Morgan fingerprint density at radius 2 is 2.17 bits per heavy atom. The molecule has 1 fully saturated rings. The first-order chi connectivity index (χ1) is 8.59. The highest BCUT2D eigenvalue weighted by Crippen LogP contribution is 2.31. The summed E-state index contributed by atoms with van der Waals surface area (Å²) < 4.78 is 0. The van der Waals surface area contributed by atoms with Crippen molar-refractivity contribution in [1.82, 2.24) is 4.98 Å². The van der Waals surface area contributed by atoms with Crippen molar-refractivity contribution in [2.24, 2.45) is 0 Å². The lowest BCUT2D eigenvalue weighted by molar-refractivity contribution is -0.122. The molecule has 2 rings (SSSR count). The number of nitrogens with one attached hydrogen (secondary N) is 1. The van der Waals surface area contributed by atoms with Gasteiger partial charge in [-0.05, 0) is 31.4 Å². The Labute approximate surface area is 107 Å². The molecule has 1 aliphatic carbocycles. The van der Waals surface area contributed by atoms with Gasteiger partial charge in [-0.25, -0.2) is 0 Å². The molecule has 4 heteroatoms. The zero-order valence-corrected chi connectivity index (χ0v) is 10.8. The molecule has 18 heavy (non-hydrogen) atoms. The summed E-state index contributed by atoms with van der Waals surface area (Å²) >= 11 is 0. The summed E-state index contributed by atoms with van der Waals surface area (Å²) in [6, 6.07) is 1.85. The van der Waals surface area contributed by atoms with Crippen LogP contribution in [0, 0.1) is 6.92 Å². The third-order valence-electron chi connectivity index (χ3n) is 3.59. The lowest BCUT2D eigenvalue weighted by atomic mass is 9.82. The second kappa shape index (κ2) is 5.48. The number of aliphatic hydroxyl groups is 1. The van der Waals surface area contributed by atoms with Gasteiger partial charge in [0.2, 0.25) is 5.91 Å². The molecular formula is C14H20N2O2. The van der Waals surface area contributed by atoms with E-state index in [1.54, 1.807) is 12.4 Å². The predicted molar refractivity (Wildman–Crippen MR) is 70.3 cm³/mol. The molecule has 1 heterocycles. The number of carbonyl (C=O) groups is 1. The van der Waals surface area contributed by atoms with Gasteiger partial charge in [-0.2, -0.15) is 0 Å². The van der Waals surface area contributed by atoms with Gasteiger partial charge in [0.05, 0.1) is 23.9 Å². The first-order valence-corrected chi connectivity index (χ1v) is 6.52. The highest BCUT2D eigenvalue weighted by molar-refractivity contribution is 5.91. The maximum Gasteiger partial charge on any atom is 0.227 e. The van der Waals surface area contributed by atoms with E-state index < -0.39 is 5.60 Å². The van der Waals surface area contributed by atoms with E-state index in [1.165, 1.54) is 0 Å². The van der Waals surface area contributed by atoms with E-state index in [0.717, 1.165) is 43.4 Å². The van der Waals surface area contributed by atoms with Gasteiger partial charge in [-0.3, -0.25) is 9.78 Å². The molecule has 1 amide bonds. The maximum absolute atomic E-state index is 11.9. The molecular weight excluding hydrogens is 228 g/mol. The summed E-state index contributed by atoms with van der Waals surface area (Å²) in [6.45, 7) is 1.92. The van der Waals surface area contributed by atoms with E-state index in [1.807, 2.05) is 13.0 Å². The Bertz CT molecular complexity index is 426. The van der Waals surface area contributed by atoms with Crippen LogP contribution in [0.15, 0.2) is 18.5 Å². The number of amides is 1. The number of nitrogens with zero attached hydrogens (tertiary/aromatic N) is 1. The highest BCUT2D eigenvalue weighted by atomic mass is 16.3. The first kappa shape index (κ1) is 13.0. The van der Waals surface area contributed by atoms with Gasteiger partial charge >= 0.3 is 0 Å². The van der Waals surface area contributed by atoms with E-state index >= 15 is 0 Å². The topological polar surface area (TPSA) is 62.2 Å². The molecule has 1 aromatic rings. The molecule has 2 N–H and O–H groups in total. The van der Waals surface area contributed by atoms with Gasteiger partial charge in [-0.15, -0.1) is 0 Å². The minimum Gasteiger partial charge on any atom is -0.389 e. The van der Waals surface area contributed by atoms with Crippen molar-refractivity contribution in [2.45, 2.75) is 51.0 Å². The van der Waals surface area contributed by atoms with Gasteiger partial charge in [0, 0.05) is 6.20 Å². The lowest BCUT2D eigenvalue weighted by Gasteiger charge is -2.31. The largest absolute Gasteiger partial charge is 0.389 e. The van der Waals surface area contributed by atoms with E-state index in [-0.39, 0.29) is 12.3 Å². The molecule has 98 valence electrons. The molecule has 0 unspecified atom stereocenters. The SMILES string of the molecule is Cc1ccncc1NC(=O)CC1(O)CCCCC1. The summed E-state index contributed by atoms with van der Waals surface area (Å²) in [5.74, 6) is -0.129. The predicted octanol–water partition coefficient (Wildman–Crippen LogP) is 2.41. The number of aromatic nitrogens is 1. The quantitative estimate of drug-likeness (QED) is 0.863. The van der Waals surface area contributed by atoms with Gasteiger partial charge < -0.3 is 10.4 Å². The Balaban J connectivity index is 1.94. The Morgan fingerprint density at radius 1 is 1.44 bits per heavy atom. The van der Waals surface area contributed by atoms with E-state index in [4.69, 9.17) is 0 Å². The monoisotopic (exact) mass is 248 g/mol. The van der Waals surface area contributed by atoms with Crippen LogP contribution < -0.4 is 5.32 Å². The number of hydrogen-bond acceptors (Lipinski definition) is 3. The molecule has 0 radical (unpaired) electrons. The molecule has 1 saturated carbocycles. The van der Waals surface area contributed by atoms with Crippen molar-refractivity contribution in [2.75, 3.05) is 5.32 Å². The number of aryl methyl sites for hydroxylation is 1. The molecule has 4 nitrogen and oxygen atoms in total. The molecule has 0 bridgehead atoms. The first-order valence-electron chi connectivity index (χ1n) is 6.52. The van der Waals surface area contributed by atoms with Crippen LogP contribution in [0.3, 0.4) is 0 Å². The standard InChI is InChI=1S/C14H20N2O2/c1-11-5-8-15-10-12(11)16-13(17)9-14(18)6-3-2-4-7-14/h5,8,10,18H,2-4,6-7,9H2,1H3,(H,16,17). The fraction of sp³-hybridized carbons (Fsp3) is 0.571. The number of carbonyl (C=O) groups excluding carboxylic acids is 1. The third-order valence-corrected chi connectivity index (χ3v) is 3.59. The fourth-order valence-corrected chi connectivity index (χ4v) is 2.47. The van der Waals surface area contributed by atoms with Crippen molar-refractivity contribution in [3.8, 4) is 0 Å². The van der Waals surface area contributed by atoms with Gasteiger partial charge in [0.15, 0.2) is 0 Å². The maximum atomic E-state index is 11.9. The number of rotatable bonds is 3. The minimum absolute atomic E-state index is 0.129. The fourth-order valence-electron chi connectivity index (χ4n) is 2.47. The summed E-state index contributed by atoms with van der Waals surface area (Å²) in [7, 11) is 0. The number of anilines is 1. The van der Waals surface area contributed by atoms with Crippen LogP contribution in [0.4, 0.5) is 5.69 Å². The van der Waals surface area contributed by atoms with Crippen molar-refractivity contribution in [3.05, 3.63) is 24.0 Å². The molecule has 1 aliphatic rings. The summed E-state index contributed by atoms with van der Waals surface area (Å²) in [5, 5.41) is 13.1. The smallest absolute Gasteiger partial charge is 0.227 e. The summed E-state index contributed by atoms with van der Waals surface area (Å²) in [6.07, 6.45) is 8.15. The van der Waals surface area contributed by atoms with Crippen molar-refractivity contribution in [1.29, 1.82) is 0 Å². The minimum atomic E-state index is -0.807. The van der Waals surface area contributed by atoms with E-state index in [9.17, 15) is 9.90 Å². The third kappa shape index (κ3) is 3.29. The Kier molecular flexibility index (Phi) is 3.97. The van der Waals surface area contributed by atoms with Crippen LogP contribution in [0.1, 0.15) is 44.1 Å². The van der Waals surface area contributed by atoms with Gasteiger partial charge in [0.1, 0.15) is 0 Å². The van der Waals surface area contributed by atoms with Crippen LogP contribution in [0.25, 0.3) is 0 Å². The van der Waals surface area contributed by atoms with Crippen molar-refractivity contribution < 1.29 is 9.90 Å². The lowest BCUT2D eigenvalue weighted by Crippen LogP contribution is -2.36. The Morgan fingerprint density at radius 3 is 2.83 bits per heavy atom. The van der Waals surface area contributed by atoms with Gasteiger partial charge in [-0.1, -0.05) is 19.3 Å². The van der Waals surface area contributed by atoms with Crippen LogP contribution in [0.5, 0.6) is 0 Å². The van der Waals surface area contributed by atoms with Crippen LogP contribution in [0.2, 0.25) is 0 Å². The highest BCUT2D eigenvalue weighted by Gasteiger charge is 2.31. The Hall–Kier alpha value is -1.42. The molecule has 0 aliphatic heterocycles. The second-order valence-electron chi connectivity index (χ2n) is 5.20. The average molecular weight is 248 g/mol. The van der Waals surface area contributed by atoms with Crippen LogP contribution in [-0.2, 0) is 4.79 Å². The normalized spacial score (nSPS) is 18.3. The summed E-state index contributed by atoms with van der Waals surface area (Å²) in [4.78, 5) is 15.9. The average Bonchev–Trinajstić information content (AvgIpc) is 2.32. The molecule has 0 atom stereocenters. The molecule has 0 saturated heterocycles. The van der Waals surface area contributed by atoms with Gasteiger partial charge in [0.25, 0.3) is 0 Å². The number of pyridine rings is 1. The zero-order valence-electron chi connectivity index (χ0n) is 10.8. The van der Waals surface area contributed by atoms with E-state index in [2.05, 4.69) is 10.3 Å². The molecule has 1 aromatic heterocycles. The molecule has 0 aromatic carbocycles. The van der Waals surface area contributed by atoms with Crippen LogP contribution in [-0.4, -0.2) is 21.6 Å². The second-order valence-corrected chi connectivity index (χ2v) is 5.20. The van der Waals surface area contributed by atoms with E-state index in [0.29, 0.717) is 0 Å². The van der Waals surface area contributed by atoms with Crippen molar-refractivity contribution >= 4 is 11.6 Å². The molecule has 0 spiro atoms. The zero-order chi connectivity index (χ0) is 13.0. The van der Waals surface area contributed by atoms with Crippen molar-refractivity contribution in [3.63, 3.8) is 0 Å². The summed E-state index contributed by atoms with van der Waals surface area (Å²) in [5.41, 5.74) is 0.897.